The number of hydrogen-bond acceptors (Lipinski definition) is 4. The van der Waals surface area contributed by atoms with Crippen LogP contribution in [0.3, 0.4) is 0 Å². The van der Waals surface area contributed by atoms with Crippen molar-refractivity contribution in [2.24, 2.45) is 0 Å². The number of carbonyl (C=O) groups is 1. The largest absolute Gasteiger partial charge is 0.344 e. The van der Waals surface area contributed by atoms with Gasteiger partial charge in [-0.25, -0.2) is 8.42 Å². The first kappa shape index (κ1) is 14.3. The van der Waals surface area contributed by atoms with Crippen molar-refractivity contribution in [3.05, 3.63) is 51.7 Å². The lowest BCUT2D eigenvalue weighted by Gasteiger charge is -2.26. The van der Waals surface area contributed by atoms with Crippen LogP contribution in [0.2, 0.25) is 0 Å². The molecule has 110 valence electrons. The van der Waals surface area contributed by atoms with Gasteiger partial charge < -0.3 is 5.32 Å². The first-order chi connectivity index (χ1) is 9.99. The first-order valence-electron chi connectivity index (χ1n) is 6.66. The van der Waals surface area contributed by atoms with Gasteiger partial charge in [0.1, 0.15) is 0 Å². The molecule has 21 heavy (non-hydrogen) atoms. The molecule has 2 aromatic rings. The van der Waals surface area contributed by atoms with Gasteiger partial charge in [0.15, 0.2) is 9.84 Å². The van der Waals surface area contributed by atoms with E-state index in [1.807, 2.05) is 18.4 Å². The molecular weight excluding hydrogens is 306 g/mol. The van der Waals surface area contributed by atoms with Gasteiger partial charge in [0.25, 0.3) is 5.91 Å². The molecule has 0 unspecified atom stereocenters. The van der Waals surface area contributed by atoms with E-state index in [0.29, 0.717) is 21.8 Å². The normalized spacial score (nSPS) is 19.8. The standard InChI is InChI=1S/C15H15NO3S2/c1-10-6-8-20-14(10)15(17)16-12-7-9-21(18,19)13-5-3-2-4-11(12)13/h2-6,8,12H,7,9H2,1H3,(H,16,17)/t12-/m0/s1. The minimum Gasteiger partial charge on any atom is -0.344 e. The van der Waals surface area contributed by atoms with Gasteiger partial charge in [-0.2, -0.15) is 0 Å². The number of rotatable bonds is 2. The molecule has 1 N–H and O–H groups in total. The zero-order valence-electron chi connectivity index (χ0n) is 11.5. The van der Waals surface area contributed by atoms with Gasteiger partial charge in [0, 0.05) is 0 Å². The molecule has 1 aromatic heterocycles. The number of sulfone groups is 1. The zero-order valence-corrected chi connectivity index (χ0v) is 13.1. The van der Waals surface area contributed by atoms with E-state index in [1.54, 1.807) is 24.3 Å². The predicted octanol–water partition coefficient (Wildman–Crippen LogP) is 2.71. The average molecular weight is 321 g/mol. The molecule has 6 heteroatoms. The predicted molar refractivity (Wildman–Crippen MR) is 82.4 cm³/mol. The summed E-state index contributed by atoms with van der Waals surface area (Å²) < 4.78 is 24.2. The van der Waals surface area contributed by atoms with Gasteiger partial charge >= 0.3 is 0 Å². The zero-order chi connectivity index (χ0) is 15.0. The highest BCUT2D eigenvalue weighted by Gasteiger charge is 2.31. The van der Waals surface area contributed by atoms with Crippen molar-refractivity contribution in [3.63, 3.8) is 0 Å². The van der Waals surface area contributed by atoms with Gasteiger partial charge in [0.2, 0.25) is 0 Å². The van der Waals surface area contributed by atoms with Crippen LogP contribution in [-0.4, -0.2) is 20.1 Å². The van der Waals surface area contributed by atoms with Crippen LogP contribution in [0.5, 0.6) is 0 Å². The molecule has 4 nitrogen and oxygen atoms in total. The van der Waals surface area contributed by atoms with E-state index >= 15 is 0 Å². The lowest BCUT2D eigenvalue weighted by molar-refractivity contribution is 0.0938. The number of thiophene rings is 1. The van der Waals surface area contributed by atoms with Crippen molar-refractivity contribution in [1.29, 1.82) is 0 Å². The summed E-state index contributed by atoms with van der Waals surface area (Å²) in [4.78, 5) is 13.3. The number of fused-ring (bicyclic) bond motifs is 1. The molecule has 1 aromatic carbocycles. The Morgan fingerprint density at radius 1 is 1.29 bits per heavy atom. The van der Waals surface area contributed by atoms with Crippen molar-refractivity contribution in [3.8, 4) is 0 Å². The molecule has 0 saturated heterocycles. The Morgan fingerprint density at radius 3 is 2.76 bits per heavy atom. The summed E-state index contributed by atoms with van der Waals surface area (Å²) >= 11 is 1.40. The van der Waals surface area contributed by atoms with Crippen LogP contribution in [0.4, 0.5) is 0 Å². The summed E-state index contributed by atoms with van der Waals surface area (Å²) in [7, 11) is -3.22. The maximum atomic E-state index is 12.3. The van der Waals surface area contributed by atoms with Crippen LogP contribution >= 0.6 is 11.3 Å². The second-order valence-corrected chi connectivity index (χ2v) is 8.10. The van der Waals surface area contributed by atoms with Gasteiger partial charge in [-0.1, -0.05) is 18.2 Å². The third-order valence-corrected chi connectivity index (χ3v) is 6.51. The minimum absolute atomic E-state index is 0.0678. The minimum atomic E-state index is -3.22. The topological polar surface area (TPSA) is 63.2 Å². The molecule has 0 fully saturated rings. The van der Waals surface area contributed by atoms with E-state index in [4.69, 9.17) is 0 Å². The molecule has 0 aliphatic carbocycles. The molecule has 1 aliphatic heterocycles. The van der Waals surface area contributed by atoms with Crippen molar-refractivity contribution in [2.75, 3.05) is 5.75 Å². The van der Waals surface area contributed by atoms with Crippen molar-refractivity contribution < 1.29 is 13.2 Å². The van der Waals surface area contributed by atoms with Crippen LogP contribution in [-0.2, 0) is 9.84 Å². The number of benzene rings is 1. The van der Waals surface area contributed by atoms with Crippen LogP contribution < -0.4 is 5.32 Å². The van der Waals surface area contributed by atoms with Crippen molar-refractivity contribution in [2.45, 2.75) is 24.3 Å². The Balaban J connectivity index is 1.91. The fourth-order valence-corrected chi connectivity index (χ4v) is 5.02. The monoisotopic (exact) mass is 321 g/mol. The molecule has 2 heterocycles. The fourth-order valence-electron chi connectivity index (χ4n) is 2.57. The van der Waals surface area contributed by atoms with Gasteiger partial charge in [-0.15, -0.1) is 11.3 Å². The molecule has 0 bridgehead atoms. The van der Waals surface area contributed by atoms with E-state index in [9.17, 15) is 13.2 Å². The third-order valence-electron chi connectivity index (χ3n) is 3.68. The SMILES string of the molecule is Cc1ccsc1C(=O)N[C@H]1CCS(=O)(=O)c2ccccc21. The summed E-state index contributed by atoms with van der Waals surface area (Å²) in [5.41, 5.74) is 1.63. The van der Waals surface area contributed by atoms with Crippen LogP contribution in [0.25, 0.3) is 0 Å². The highest BCUT2D eigenvalue weighted by atomic mass is 32.2. The van der Waals surface area contributed by atoms with Crippen molar-refractivity contribution >= 4 is 27.1 Å². The van der Waals surface area contributed by atoms with Crippen LogP contribution in [0, 0.1) is 6.92 Å². The Bertz CT molecular complexity index is 793. The summed E-state index contributed by atoms with van der Waals surface area (Å²) in [5, 5.41) is 4.84. The van der Waals surface area contributed by atoms with Crippen molar-refractivity contribution in [1.82, 2.24) is 5.32 Å². The maximum Gasteiger partial charge on any atom is 0.262 e. The Hall–Kier alpha value is -1.66. The Kier molecular flexibility index (Phi) is 3.59. The van der Waals surface area contributed by atoms with Gasteiger partial charge in [-0.3, -0.25) is 4.79 Å². The Labute approximate surface area is 127 Å². The van der Waals surface area contributed by atoms with Gasteiger partial charge in [-0.05, 0) is 42.0 Å². The van der Waals surface area contributed by atoms with Crippen LogP contribution in [0.15, 0.2) is 40.6 Å². The first-order valence-corrected chi connectivity index (χ1v) is 9.19. The second kappa shape index (κ2) is 5.27. The van der Waals surface area contributed by atoms with Gasteiger partial charge in [0.05, 0.1) is 21.6 Å². The third kappa shape index (κ3) is 2.61. The smallest absolute Gasteiger partial charge is 0.262 e. The Morgan fingerprint density at radius 2 is 2.05 bits per heavy atom. The van der Waals surface area contributed by atoms with E-state index < -0.39 is 9.84 Å². The molecule has 3 rings (SSSR count). The number of hydrogen-bond donors (Lipinski definition) is 1. The van der Waals surface area contributed by atoms with E-state index in [0.717, 1.165) is 5.56 Å². The number of aryl methyl sites for hydroxylation is 1. The van der Waals surface area contributed by atoms with Crippen LogP contribution in [0.1, 0.15) is 33.3 Å². The summed E-state index contributed by atoms with van der Waals surface area (Å²) in [6.45, 7) is 1.89. The average Bonchev–Trinajstić information content (AvgIpc) is 2.89. The molecule has 0 saturated carbocycles. The maximum absolute atomic E-state index is 12.3. The summed E-state index contributed by atoms with van der Waals surface area (Å²) in [5.74, 6) is -0.0696. The van der Waals surface area contributed by atoms with E-state index in [1.165, 1.54) is 11.3 Å². The number of carbonyl (C=O) groups excluding carboxylic acids is 1. The molecule has 0 spiro atoms. The molecule has 1 aliphatic rings. The molecule has 1 amide bonds. The molecular formula is C15H15NO3S2. The molecule has 1 atom stereocenters. The van der Waals surface area contributed by atoms with E-state index in [2.05, 4.69) is 5.32 Å². The summed E-state index contributed by atoms with van der Waals surface area (Å²) in [6.07, 6.45) is 0.412. The van der Waals surface area contributed by atoms with E-state index in [-0.39, 0.29) is 17.7 Å². The quantitative estimate of drug-likeness (QED) is 0.925. The highest BCUT2D eigenvalue weighted by molar-refractivity contribution is 7.91. The second-order valence-electron chi connectivity index (χ2n) is 5.10. The lowest BCUT2D eigenvalue weighted by atomic mass is 10.0. The fraction of sp³-hybridized carbons (Fsp3) is 0.267. The molecule has 0 radical (unpaired) electrons. The lowest BCUT2D eigenvalue weighted by Crippen LogP contribution is -2.33. The summed E-state index contributed by atoms with van der Waals surface area (Å²) in [6, 6.07) is 8.55. The highest BCUT2D eigenvalue weighted by Crippen LogP contribution is 2.32. The number of amides is 1. The number of nitrogens with one attached hydrogen (secondary N) is 1.